The summed E-state index contributed by atoms with van der Waals surface area (Å²) in [5.41, 5.74) is 2.29. The first-order valence-corrected chi connectivity index (χ1v) is 8.29. The van der Waals surface area contributed by atoms with Crippen molar-refractivity contribution < 1.29 is 9.18 Å². The summed E-state index contributed by atoms with van der Waals surface area (Å²) in [6.45, 7) is 5.45. The van der Waals surface area contributed by atoms with E-state index in [4.69, 9.17) is 11.6 Å². The van der Waals surface area contributed by atoms with E-state index in [1.54, 1.807) is 4.90 Å². The number of benzene rings is 1. The van der Waals surface area contributed by atoms with Crippen molar-refractivity contribution in [2.45, 2.75) is 13.5 Å². The van der Waals surface area contributed by atoms with Crippen molar-refractivity contribution in [1.29, 1.82) is 0 Å². The van der Waals surface area contributed by atoms with Crippen LogP contribution >= 0.6 is 11.6 Å². The topological polar surface area (TPSA) is 36.4 Å². The van der Waals surface area contributed by atoms with Gasteiger partial charge in [0.15, 0.2) is 0 Å². The number of amides is 1. The lowest BCUT2D eigenvalue weighted by atomic mass is 10.1. The average molecular weight is 348 g/mol. The number of nitrogens with zero attached hydrogens (tertiary/aromatic N) is 3. The number of hydrogen-bond donors (Lipinski definition) is 0. The number of piperazine rings is 1. The predicted molar refractivity (Wildman–Crippen MR) is 91.6 cm³/mol. The third-order valence-corrected chi connectivity index (χ3v) is 4.41. The van der Waals surface area contributed by atoms with Crippen LogP contribution in [0.4, 0.5) is 4.39 Å². The Kier molecular flexibility index (Phi) is 5.11. The lowest BCUT2D eigenvalue weighted by Gasteiger charge is -2.34. The highest BCUT2D eigenvalue weighted by Gasteiger charge is 2.24. The lowest BCUT2D eigenvalue weighted by molar-refractivity contribution is 0.0622. The van der Waals surface area contributed by atoms with E-state index in [1.165, 1.54) is 23.8 Å². The molecule has 4 nitrogen and oxygen atoms in total. The van der Waals surface area contributed by atoms with Gasteiger partial charge in [-0.2, -0.15) is 0 Å². The van der Waals surface area contributed by atoms with Crippen molar-refractivity contribution in [3.8, 4) is 0 Å². The van der Waals surface area contributed by atoms with Crippen LogP contribution < -0.4 is 0 Å². The molecule has 0 aliphatic carbocycles. The average Bonchev–Trinajstić information content (AvgIpc) is 2.55. The zero-order valence-corrected chi connectivity index (χ0v) is 14.3. The van der Waals surface area contributed by atoms with Gasteiger partial charge in [0.05, 0.1) is 11.3 Å². The minimum atomic E-state index is -0.570. The molecule has 1 aliphatic rings. The molecular weight excluding hydrogens is 329 g/mol. The van der Waals surface area contributed by atoms with Gasteiger partial charge in [-0.1, -0.05) is 11.6 Å². The maximum absolute atomic E-state index is 13.9. The molecule has 126 valence electrons. The Morgan fingerprint density at radius 3 is 2.62 bits per heavy atom. The number of rotatable bonds is 3. The molecule has 0 radical (unpaired) electrons. The lowest BCUT2D eigenvalue weighted by Crippen LogP contribution is -2.48. The van der Waals surface area contributed by atoms with Gasteiger partial charge in [0.2, 0.25) is 0 Å². The highest BCUT2D eigenvalue weighted by Crippen LogP contribution is 2.17. The van der Waals surface area contributed by atoms with E-state index in [0.717, 1.165) is 25.3 Å². The molecule has 0 atom stereocenters. The van der Waals surface area contributed by atoms with Crippen LogP contribution in [-0.4, -0.2) is 46.9 Å². The van der Waals surface area contributed by atoms with Crippen LogP contribution in [0, 0.1) is 12.7 Å². The summed E-state index contributed by atoms with van der Waals surface area (Å²) in [5.74, 6) is -0.851. The summed E-state index contributed by atoms with van der Waals surface area (Å²) in [7, 11) is 0. The fourth-order valence-electron chi connectivity index (χ4n) is 2.86. The summed E-state index contributed by atoms with van der Waals surface area (Å²) in [6.07, 6.45) is 1.81. The summed E-state index contributed by atoms with van der Waals surface area (Å²) >= 11 is 5.74. The molecule has 0 bridgehead atoms. The monoisotopic (exact) mass is 347 g/mol. The van der Waals surface area contributed by atoms with Gasteiger partial charge < -0.3 is 4.90 Å². The SMILES string of the molecule is Cc1ccnc(CN2CCN(C(=O)c3ccc(Cl)cc3F)CC2)c1. The number of hydrogen-bond acceptors (Lipinski definition) is 3. The van der Waals surface area contributed by atoms with Crippen LogP contribution in [0.1, 0.15) is 21.6 Å². The van der Waals surface area contributed by atoms with Crippen molar-refractivity contribution in [1.82, 2.24) is 14.8 Å². The molecule has 6 heteroatoms. The van der Waals surface area contributed by atoms with Gasteiger partial charge in [-0.25, -0.2) is 4.39 Å². The smallest absolute Gasteiger partial charge is 0.256 e. The highest BCUT2D eigenvalue weighted by atomic mass is 35.5. The highest BCUT2D eigenvalue weighted by molar-refractivity contribution is 6.30. The van der Waals surface area contributed by atoms with Crippen molar-refractivity contribution in [2.24, 2.45) is 0 Å². The third-order valence-electron chi connectivity index (χ3n) is 4.18. The maximum Gasteiger partial charge on any atom is 0.256 e. The van der Waals surface area contributed by atoms with E-state index in [2.05, 4.69) is 16.0 Å². The van der Waals surface area contributed by atoms with E-state index < -0.39 is 5.82 Å². The van der Waals surface area contributed by atoms with Crippen LogP contribution in [0.3, 0.4) is 0 Å². The van der Waals surface area contributed by atoms with Crippen molar-refractivity contribution in [3.63, 3.8) is 0 Å². The number of aryl methyl sites for hydroxylation is 1. The van der Waals surface area contributed by atoms with Gasteiger partial charge >= 0.3 is 0 Å². The molecule has 1 saturated heterocycles. The van der Waals surface area contributed by atoms with Gasteiger partial charge in [0.25, 0.3) is 5.91 Å². The number of carbonyl (C=O) groups is 1. The third kappa shape index (κ3) is 3.91. The fraction of sp³-hybridized carbons (Fsp3) is 0.333. The first-order chi connectivity index (χ1) is 11.5. The second kappa shape index (κ2) is 7.28. The zero-order valence-electron chi connectivity index (χ0n) is 13.5. The standard InChI is InChI=1S/C18H19ClFN3O/c1-13-4-5-21-15(10-13)12-22-6-8-23(9-7-22)18(24)16-3-2-14(19)11-17(16)20/h2-5,10-11H,6-9,12H2,1H3. The molecule has 0 spiro atoms. The molecule has 24 heavy (non-hydrogen) atoms. The normalized spacial score (nSPS) is 15.5. The molecule has 2 heterocycles. The van der Waals surface area contributed by atoms with Gasteiger partial charge in [-0.05, 0) is 42.8 Å². The van der Waals surface area contributed by atoms with Crippen LogP contribution in [0.25, 0.3) is 0 Å². The van der Waals surface area contributed by atoms with Crippen LogP contribution in [-0.2, 0) is 6.54 Å². The molecule has 1 aromatic carbocycles. The van der Waals surface area contributed by atoms with Crippen molar-refractivity contribution in [2.75, 3.05) is 26.2 Å². The van der Waals surface area contributed by atoms with Gasteiger partial charge in [0.1, 0.15) is 5.82 Å². The Hall–Kier alpha value is -1.98. The number of aromatic nitrogens is 1. The van der Waals surface area contributed by atoms with Crippen LogP contribution in [0.2, 0.25) is 5.02 Å². The Bertz CT molecular complexity index is 745. The summed E-state index contributed by atoms with van der Waals surface area (Å²) in [5, 5.41) is 0.291. The van der Waals surface area contributed by atoms with Gasteiger partial charge in [-0.15, -0.1) is 0 Å². The van der Waals surface area contributed by atoms with Crippen LogP contribution in [0.15, 0.2) is 36.5 Å². The number of halogens is 2. The predicted octanol–water partition coefficient (Wildman–Crippen LogP) is 3.14. The first kappa shape index (κ1) is 16.9. The van der Waals surface area contributed by atoms with Crippen LogP contribution in [0.5, 0.6) is 0 Å². The molecule has 3 rings (SSSR count). The molecule has 1 aliphatic heterocycles. The van der Waals surface area contributed by atoms with Crippen molar-refractivity contribution >= 4 is 17.5 Å². The molecule has 1 amide bonds. The van der Waals surface area contributed by atoms with Crippen molar-refractivity contribution in [3.05, 3.63) is 64.2 Å². The van der Waals surface area contributed by atoms with E-state index in [0.29, 0.717) is 18.1 Å². The summed E-state index contributed by atoms with van der Waals surface area (Å²) in [6, 6.07) is 8.20. The summed E-state index contributed by atoms with van der Waals surface area (Å²) < 4.78 is 13.9. The molecule has 1 fully saturated rings. The van der Waals surface area contributed by atoms with E-state index >= 15 is 0 Å². The number of carbonyl (C=O) groups excluding carboxylic acids is 1. The Labute approximate surface area is 145 Å². The van der Waals surface area contributed by atoms with E-state index in [-0.39, 0.29) is 11.5 Å². The second-order valence-corrected chi connectivity index (χ2v) is 6.45. The Morgan fingerprint density at radius 1 is 1.21 bits per heavy atom. The Morgan fingerprint density at radius 2 is 1.96 bits per heavy atom. The molecule has 0 unspecified atom stereocenters. The molecular formula is C18H19ClFN3O. The van der Waals surface area contributed by atoms with E-state index in [1.807, 2.05) is 19.2 Å². The summed E-state index contributed by atoms with van der Waals surface area (Å²) in [4.78, 5) is 20.8. The quantitative estimate of drug-likeness (QED) is 0.855. The first-order valence-electron chi connectivity index (χ1n) is 7.91. The molecule has 0 N–H and O–H groups in total. The minimum absolute atomic E-state index is 0.0770. The van der Waals surface area contributed by atoms with E-state index in [9.17, 15) is 9.18 Å². The Balaban J connectivity index is 1.59. The van der Waals surface area contributed by atoms with Gasteiger partial charge in [-0.3, -0.25) is 14.7 Å². The van der Waals surface area contributed by atoms with Gasteiger partial charge in [0, 0.05) is 43.9 Å². The molecule has 1 aromatic heterocycles. The second-order valence-electron chi connectivity index (χ2n) is 6.02. The maximum atomic E-state index is 13.9. The largest absolute Gasteiger partial charge is 0.336 e. The zero-order chi connectivity index (χ0) is 17.1. The molecule has 0 saturated carbocycles. The fourth-order valence-corrected chi connectivity index (χ4v) is 3.02. The number of pyridine rings is 1. The minimum Gasteiger partial charge on any atom is -0.336 e. The molecule has 2 aromatic rings.